The van der Waals surface area contributed by atoms with Gasteiger partial charge in [-0.15, -0.1) is 0 Å². The molecule has 17 heavy (non-hydrogen) atoms. The summed E-state index contributed by atoms with van der Waals surface area (Å²) >= 11 is 2.90. The number of rotatable bonds is 5. The first-order valence-electron chi connectivity index (χ1n) is 4.87. The van der Waals surface area contributed by atoms with E-state index in [1.807, 2.05) is 0 Å². The van der Waals surface area contributed by atoms with Crippen molar-refractivity contribution >= 4 is 39.6 Å². The average molecular weight is 307 g/mol. The minimum Gasteiger partial charge on any atom is -0.480 e. The number of imide groups is 1. The Morgan fingerprint density at radius 3 is 2.29 bits per heavy atom. The van der Waals surface area contributed by atoms with Gasteiger partial charge in [-0.05, 0) is 0 Å². The Morgan fingerprint density at radius 2 is 1.88 bits per heavy atom. The Balaban J connectivity index is 2.72. The monoisotopic (exact) mass is 306 g/mol. The molecule has 0 bridgehead atoms. The largest absolute Gasteiger partial charge is 0.480 e. The van der Waals surface area contributed by atoms with Gasteiger partial charge in [0.2, 0.25) is 17.7 Å². The van der Waals surface area contributed by atoms with E-state index < -0.39 is 29.7 Å². The van der Waals surface area contributed by atoms with Crippen LogP contribution in [0.3, 0.4) is 0 Å². The summed E-state index contributed by atoms with van der Waals surface area (Å²) in [6.07, 6.45) is 0.0456. The number of nitrogens with zero attached hydrogens (tertiary/aromatic N) is 1. The van der Waals surface area contributed by atoms with Crippen molar-refractivity contribution in [2.24, 2.45) is 0 Å². The van der Waals surface area contributed by atoms with Crippen LogP contribution < -0.4 is 5.32 Å². The Morgan fingerprint density at radius 1 is 1.35 bits per heavy atom. The number of hydrogen-bond donors (Lipinski definition) is 2. The number of halogens is 1. The summed E-state index contributed by atoms with van der Waals surface area (Å²) in [5.41, 5.74) is 0. The van der Waals surface area contributed by atoms with Crippen molar-refractivity contribution in [3.63, 3.8) is 0 Å². The van der Waals surface area contributed by atoms with E-state index in [1.165, 1.54) is 0 Å². The molecule has 0 saturated carbocycles. The van der Waals surface area contributed by atoms with Gasteiger partial charge >= 0.3 is 5.97 Å². The van der Waals surface area contributed by atoms with Crippen molar-refractivity contribution in [3.05, 3.63) is 0 Å². The Hall–Kier alpha value is -1.44. The molecule has 0 aromatic rings. The molecule has 1 unspecified atom stereocenters. The summed E-state index contributed by atoms with van der Waals surface area (Å²) in [7, 11) is 0. The van der Waals surface area contributed by atoms with Crippen molar-refractivity contribution in [3.8, 4) is 0 Å². The second-order valence-electron chi connectivity index (χ2n) is 3.45. The lowest BCUT2D eigenvalue weighted by Crippen LogP contribution is -2.51. The minimum absolute atomic E-state index is 0.0228. The molecular weight excluding hydrogens is 296 g/mol. The van der Waals surface area contributed by atoms with Gasteiger partial charge in [-0.25, -0.2) is 4.79 Å². The van der Waals surface area contributed by atoms with Gasteiger partial charge in [0.05, 0.1) is 5.33 Å². The number of nitrogens with one attached hydrogen (secondary N) is 1. The number of aliphatic carboxylic acids is 1. The van der Waals surface area contributed by atoms with Gasteiger partial charge in [0.25, 0.3) is 0 Å². The first kappa shape index (κ1) is 13.6. The maximum atomic E-state index is 11.4. The van der Waals surface area contributed by atoms with Crippen LogP contribution in [-0.4, -0.2) is 51.6 Å². The van der Waals surface area contributed by atoms with E-state index in [2.05, 4.69) is 21.2 Å². The maximum Gasteiger partial charge on any atom is 0.328 e. The lowest BCUT2D eigenvalue weighted by molar-refractivity contribution is -0.154. The number of carbonyl (C=O) groups is 4. The molecule has 1 atom stereocenters. The fourth-order valence-corrected chi connectivity index (χ4v) is 1.69. The summed E-state index contributed by atoms with van der Waals surface area (Å²) in [5, 5.41) is 11.3. The second kappa shape index (κ2) is 5.76. The van der Waals surface area contributed by atoms with Crippen molar-refractivity contribution in [1.29, 1.82) is 0 Å². The number of hydrogen-bond acceptors (Lipinski definition) is 4. The Kier molecular flexibility index (Phi) is 4.62. The SMILES string of the molecule is O=C(CBr)NCC(C(=O)O)N1C(=O)CCC1=O. The van der Waals surface area contributed by atoms with Crippen molar-refractivity contribution in [2.75, 3.05) is 11.9 Å². The average Bonchev–Trinajstić information content (AvgIpc) is 2.60. The molecule has 0 aliphatic carbocycles. The van der Waals surface area contributed by atoms with E-state index in [0.717, 1.165) is 0 Å². The standard InChI is InChI=1S/C9H11BrN2O5/c10-3-6(13)11-4-5(9(16)17)12-7(14)1-2-8(12)15/h5H,1-4H2,(H,11,13)(H,16,17). The van der Waals surface area contributed by atoms with Gasteiger partial charge in [-0.2, -0.15) is 0 Å². The lowest BCUT2D eigenvalue weighted by atomic mass is 10.2. The molecule has 3 amide bonds. The molecule has 94 valence electrons. The predicted molar refractivity (Wildman–Crippen MR) is 59.3 cm³/mol. The van der Waals surface area contributed by atoms with Gasteiger partial charge in [-0.3, -0.25) is 19.3 Å². The highest BCUT2D eigenvalue weighted by molar-refractivity contribution is 9.09. The molecule has 1 heterocycles. The summed E-state index contributed by atoms with van der Waals surface area (Å²) in [5.74, 6) is -2.76. The fraction of sp³-hybridized carbons (Fsp3) is 0.556. The van der Waals surface area contributed by atoms with Crippen molar-refractivity contribution < 1.29 is 24.3 Å². The van der Waals surface area contributed by atoms with E-state index in [1.54, 1.807) is 0 Å². The molecule has 2 N–H and O–H groups in total. The molecule has 1 fully saturated rings. The van der Waals surface area contributed by atoms with Gasteiger partial charge in [0.1, 0.15) is 0 Å². The second-order valence-corrected chi connectivity index (χ2v) is 4.01. The van der Waals surface area contributed by atoms with Gasteiger partial charge in [-0.1, -0.05) is 15.9 Å². The van der Waals surface area contributed by atoms with E-state index in [4.69, 9.17) is 5.11 Å². The van der Waals surface area contributed by atoms with Crippen LogP contribution in [0.4, 0.5) is 0 Å². The zero-order chi connectivity index (χ0) is 13.0. The number of carboxylic acids is 1. The highest BCUT2D eigenvalue weighted by atomic mass is 79.9. The third kappa shape index (κ3) is 3.26. The van der Waals surface area contributed by atoms with Crippen LogP contribution in [0.2, 0.25) is 0 Å². The molecule has 8 heteroatoms. The topological polar surface area (TPSA) is 104 Å². The number of amides is 3. The van der Waals surface area contributed by atoms with Gasteiger partial charge in [0, 0.05) is 19.4 Å². The number of carboxylic acid groups (broad SMARTS) is 1. The van der Waals surface area contributed by atoms with E-state index >= 15 is 0 Å². The van der Waals surface area contributed by atoms with Crippen molar-refractivity contribution in [2.45, 2.75) is 18.9 Å². The van der Waals surface area contributed by atoms with Crippen molar-refractivity contribution in [1.82, 2.24) is 10.2 Å². The third-order valence-electron chi connectivity index (χ3n) is 2.30. The van der Waals surface area contributed by atoms with Crippen LogP contribution in [0.25, 0.3) is 0 Å². The molecule has 0 radical (unpaired) electrons. The first-order chi connectivity index (χ1) is 7.97. The number of carbonyl (C=O) groups excluding carboxylic acids is 3. The van der Waals surface area contributed by atoms with Gasteiger partial charge < -0.3 is 10.4 Å². The number of likely N-dealkylation sites (tertiary alicyclic amines) is 1. The zero-order valence-corrected chi connectivity index (χ0v) is 10.4. The fourth-order valence-electron chi connectivity index (χ4n) is 1.49. The first-order valence-corrected chi connectivity index (χ1v) is 6.00. The van der Waals surface area contributed by atoms with Crippen LogP contribution in [-0.2, 0) is 19.2 Å². The molecule has 1 saturated heterocycles. The molecular formula is C9H11BrN2O5. The molecule has 0 spiro atoms. The van der Waals surface area contributed by atoms with Gasteiger partial charge in [0.15, 0.2) is 6.04 Å². The highest BCUT2D eigenvalue weighted by Crippen LogP contribution is 2.15. The zero-order valence-electron chi connectivity index (χ0n) is 8.81. The van der Waals surface area contributed by atoms with E-state index in [0.29, 0.717) is 4.90 Å². The molecule has 0 aromatic heterocycles. The normalized spacial score (nSPS) is 17.1. The van der Waals surface area contributed by atoms with E-state index in [9.17, 15) is 19.2 Å². The molecule has 1 aliphatic heterocycles. The van der Waals surface area contributed by atoms with Crippen LogP contribution in [0, 0.1) is 0 Å². The van der Waals surface area contributed by atoms with Crippen LogP contribution in [0.1, 0.15) is 12.8 Å². The minimum atomic E-state index is -1.33. The Labute approximate surface area is 105 Å². The highest BCUT2D eigenvalue weighted by Gasteiger charge is 2.38. The predicted octanol–water partition coefficient (Wildman–Crippen LogP) is -0.900. The molecule has 1 rings (SSSR count). The summed E-state index contributed by atoms with van der Waals surface area (Å²) < 4.78 is 0. The number of alkyl halides is 1. The quantitative estimate of drug-likeness (QED) is 0.506. The lowest BCUT2D eigenvalue weighted by Gasteiger charge is -2.22. The summed E-state index contributed by atoms with van der Waals surface area (Å²) in [4.78, 5) is 45.4. The maximum absolute atomic E-state index is 11.4. The smallest absolute Gasteiger partial charge is 0.328 e. The van der Waals surface area contributed by atoms with Crippen LogP contribution in [0.5, 0.6) is 0 Å². The van der Waals surface area contributed by atoms with Crippen LogP contribution in [0.15, 0.2) is 0 Å². The van der Waals surface area contributed by atoms with Crippen LogP contribution >= 0.6 is 15.9 Å². The Bertz CT molecular complexity index is 354. The molecule has 7 nitrogen and oxygen atoms in total. The third-order valence-corrected chi connectivity index (χ3v) is 2.81. The summed E-state index contributed by atoms with van der Waals surface area (Å²) in [6.45, 7) is -0.281. The molecule has 1 aliphatic rings. The van der Waals surface area contributed by atoms with E-state index in [-0.39, 0.29) is 24.7 Å². The molecule has 0 aromatic carbocycles. The summed E-state index contributed by atoms with van der Waals surface area (Å²) in [6, 6.07) is -1.33.